The van der Waals surface area contributed by atoms with E-state index >= 15 is 0 Å². The van der Waals surface area contributed by atoms with E-state index in [1.54, 1.807) is 84.9 Å². The maximum atomic E-state index is 12.4. The van der Waals surface area contributed by atoms with Crippen molar-refractivity contribution in [2.24, 2.45) is 9.98 Å². The standard InChI is InChI=1S/C34H24N2O6.Pt/c37-31-17-15-27(41-33(39)23-9-3-1-4-10-23)19-25(31)21-35-29-13-7-8-14-30(29)36-22-26-20-28(16-18-32(26)38)42-34(40)24-11-5-2-6-12-24;/h1-22,37-38H;. The van der Waals surface area contributed by atoms with E-state index in [4.69, 9.17) is 9.47 Å². The van der Waals surface area contributed by atoms with Gasteiger partial charge in [-0.05, 0) is 72.8 Å². The first-order valence-electron chi connectivity index (χ1n) is 12.8. The predicted molar refractivity (Wildman–Crippen MR) is 160 cm³/mol. The number of carbonyl (C=O) groups excluding carboxylic acids is 2. The minimum atomic E-state index is -0.522. The molecule has 216 valence electrons. The van der Waals surface area contributed by atoms with E-state index in [-0.39, 0.29) is 44.1 Å². The number of phenols is 2. The number of aliphatic imine (C=N–C) groups is 2. The Bertz CT molecular complexity index is 1660. The molecule has 0 heterocycles. The van der Waals surface area contributed by atoms with Gasteiger partial charge in [-0.2, -0.15) is 0 Å². The topological polar surface area (TPSA) is 118 Å². The molecular weight excluding hydrogens is 727 g/mol. The molecule has 0 aliphatic carbocycles. The number of aromatic hydroxyl groups is 2. The Hall–Kier alpha value is -5.33. The fraction of sp³-hybridized carbons (Fsp3) is 0. The van der Waals surface area contributed by atoms with E-state index in [0.717, 1.165) is 0 Å². The van der Waals surface area contributed by atoms with Crippen LogP contribution in [0.3, 0.4) is 0 Å². The second-order valence-corrected chi connectivity index (χ2v) is 8.96. The summed E-state index contributed by atoms with van der Waals surface area (Å²) in [5, 5.41) is 20.7. The number of esters is 2. The van der Waals surface area contributed by atoms with Gasteiger partial charge in [0, 0.05) is 44.6 Å². The Balaban J connectivity index is 0.00000423. The average molecular weight is 752 g/mol. The molecule has 0 amide bonds. The minimum absolute atomic E-state index is 0. The van der Waals surface area contributed by atoms with Crippen molar-refractivity contribution in [3.8, 4) is 23.0 Å². The van der Waals surface area contributed by atoms with E-state index < -0.39 is 11.9 Å². The summed E-state index contributed by atoms with van der Waals surface area (Å²) in [7, 11) is 0. The molecule has 5 aromatic rings. The Morgan fingerprint density at radius 3 is 1.30 bits per heavy atom. The normalized spacial score (nSPS) is 10.8. The summed E-state index contributed by atoms with van der Waals surface area (Å²) in [6.45, 7) is 0. The second-order valence-electron chi connectivity index (χ2n) is 8.96. The molecule has 0 aliphatic heterocycles. The van der Waals surface area contributed by atoms with Crippen LogP contribution in [0.4, 0.5) is 11.4 Å². The van der Waals surface area contributed by atoms with Gasteiger partial charge < -0.3 is 19.7 Å². The first-order valence-corrected chi connectivity index (χ1v) is 12.8. The summed E-state index contributed by atoms with van der Waals surface area (Å²) < 4.78 is 10.9. The molecule has 0 saturated carbocycles. The third-order valence-electron chi connectivity index (χ3n) is 6.01. The van der Waals surface area contributed by atoms with Crippen molar-refractivity contribution in [3.63, 3.8) is 0 Å². The van der Waals surface area contributed by atoms with Gasteiger partial charge in [0.05, 0.1) is 22.5 Å². The molecule has 8 nitrogen and oxygen atoms in total. The number of hydrogen-bond donors (Lipinski definition) is 2. The Morgan fingerprint density at radius 1 is 0.535 bits per heavy atom. The molecule has 0 spiro atoms. The molecule has 0 bridgehead atoms. The van der Waals surface area contributed by atoms with Crippen LogP contribution in [0.1, 0.15) is 31.8 Å². The quantitative estimate of drug-likeness (QED) is 0.0999. The SMILES string of the molecule is O=C(Oc1ccc(O)c(C=Nc2ccccc2N=Cc2cc(OC(=O)c3ccccc3)ccc2O)c1)c1ccccc1.[Pt]. The van der Waals surface area contributed by atoms with Gasteiger partial charge in [0.1, 0.15) is 23.0 Å². The average Bonchev–Trinajstić information content (AvgIpc) is 3.02. The molecule has 5 rings (SSSR count). The zero-order valence-corrected chi connectivity index (χ0v) is 24.7. The number of benzene rings is 5. The maximum absolute atomic E-state index is 12.4. The molecule has 5 aromatic carbocycles. The molecule has 0 radical (unpaired) electrons. The first kappa shape index (κ1) is 30.6. The van der Waals surface area contributed by atoms with Crippen LogP contribution in [0.25, 0.3) is 0 Å². The third kappa shape index (κ3) is 8.12. The van der Waals surface area contributed by atoms with Crippen molar-refractivity contribution in [2.75, 3.05) is 0 Å². The molecule has 0 fully saturated rings. The van der Waals surface area contributed by atoms with Gasteiger partial charge in [0.25, 0.3) is 0 Å². The van der Waals surface area contributed by atoms with E-state index in [9.17, 15) is 19.8 Å². The molecular formula is C34H24N2O6Pt. The van der Waals surface area contributed by atoms with Crippen LogP contribution in [0, 0.1) is 0 Å². The summed E-state index contributed by atoms with van der Waals surface area (Å²) in [5.41, 5.74) is 2.42. The molecule has 0 unspecified atom stereocenters. The number of rotatable bonds is 8. The molecule has 9 heteroatoms. The van der Waals surface area contributed by atoms with Crippen LogP contribution in [0.2, 0.25) is 0 Å². The Kier molecular flexibility index (Phi) is 10.3. The molecule has 0 aromatic heterocycles. The van der Waals surface area contributed by atoms with Crippen LogP contribution >= 0.6 is 0 Å². The largest absolute Gasteiger partial charge is 0.507 e. The van der Waals surface area contributed by atoms with E-state index in [1.807, 2.05) is 0 Å². The molecule has 0 atom stereocenters. The van der Waals surface area contributed by atoms with Crippen molar-refractivity contribution in [3.05, 3.63) is 144 Å². The monoisotopic (exact) mass is 751 g/mol. The summed E-state index contributed by atoms with van der Waals surface area (Å²) in [6.07, 6.45) is 2.87. The van der Waals surface area contributed by atoms with E-state index in [1.165, 1.54) is 48.8 Å². The van der Waals surface area contributed by atoms with Crippen molar-refractivity contribution < 1.29 is 50.3 Å². The Morgan fingerprint density at radius 2 is 0.907 bits per heavy atom. The van der Waals surface area contributed by atoms with Crippen molar-refractivity contribution in [2.45, 2.75) is 0 Å². The van der Waals surface area contributed by atoms with Gasteiger partial charge >= 0.3 is 11.9 Å². The Labute approximate surface area is 261 Å². The van der Waals surface area contributed by atoms with Crippen molar-refractivity contribution in [1.82, 2.24) is 0 Å². The zero-order valence-electron chi connectivity index (χ0n) is 22.4. The minimum Gasteiger partial charge on any atom is -0.507 e. The van der Waals surface area contributed by atoms with Gasteiger partial charge in [-0.1, -0.05) is 48.5 Å². The van der Waals surface area contributed by atoms with E-state index in [0.29, 0.717) is 33.6 Å². The summed E-state index contributed by atoms with van der Waals surface area (Å²) in [5.74, 6) is -0.649. The first-order chi connectivity index (χ1) is 20.5. The summed E-state index contributed by atoms with van der Waals surface area (Å²) >= 11 is 0. The number of carbonyl (C=O) groups is 2. The fourth-order valence-corrected chi connectivity index (χ4v) is 3.84. The van der Waals surface area contributed by atoms with Crippen molar-refractivity contribution in [1.29, 1.82) is 0 Å². The molecule has 0 saturated heterocycles. The number of para-hydroxylation sites is 2. The smallest absolute Gasteiger partial charge is 0.343 e. The van der Waals surface area contributed by atoms with Gasteiger partial charge in [0.15, 0.2) is 0 Å². The molecule has 43 heavy (non-hydrogen) atoms. The predicted octanol–water partition coefficient (Wildman–Crippen LogP) is 7.03. The van der Waals surface area contributed by atoms with Crippen molar-refractivity contribution >= 4 is 35.7 Å². The van der Waals surface area contributed by atoms with Crippen LogP contribution < -0.4 is 9.47 Å². The van der Waals surface area contributed by atoms with Crippen LogP contribution in [0.15, 0.2) is 131 Å². The van der Waals surface area contributed by atoms with Crippen LogP contribution in [-0.2, 0) is 21.1 Å². The number of phenolic OH excluding ortho intramolecular Hbond substituents is 2. The maximum Gasteiger partial charge on any atom is 0.343 e. The molecule has 0 aliphatic rings. The molecule has 2 N–H and O–H groups in total. The van der Waals surface area contributed by atoms with Gasteiger partial charge in [0.2, 0.25) is 0 Å². The number of ether oxygens (including phenoxy) is 2. The second kappa shape index (κ2) is 14.5. The van der Waals surface area contributed by atoms with Crippen LogP contribution in [0.5, 0.6) is 23.0 Å². The van der Waals surface area contributed by atoms with Gasteiger partial charge in [-0.25, -0.2) is 9.59 Å². The summed E-state index contributed by atoms with van der Waals surface area (Å²) in [6, 6.07) is 33.0. The van der Waals surface area contributed by atoms with E-state index in [2.05, 4.69) is 9.98 Å². The van der Waals surface area contributed by atoms with Gasteiger partial charge in [-0.3, -0.25) is 9.98 Å². The third-order valence-corrected chi connectivity index (χ3v) is 6.01. The number of hydrogen-bond acceptors (Lipinski definition) is 8. The number of nitrogens with zero attached hydrogens (tertiary/aromatic N) is 2. The van der Waals surface area contributed by atoms with Gasteiger partial charge in [-0.15, -0.1) is 0 Å². The summed E-state index contributed by atoms with van der Waals surface area (Å²) in [4.78, 5) is 33.8. The fourth-order valence-electron chi connectivity index (χ4n) is 3.84. The zero-order chi connectivity index (χ0) is 29.3. The van der Waals surface area contributed by atoms with Crippen LogP contribution in [-0.4, -0.2) is 34.6 Å².